The van der Waals surface area contributed by atoms with E-state index >= 15 is 8.78 Å². The summed E-state index contributed by atoms with van der Waals surface area (Å²) in [4.78, 5) is 41.9. The number of aliphatic hydroxyl groups is 4. The van der Waals surface area contributed by atoms with E-state index in [9.17, 15) is 38.8 Å². The molecule has 392 valence electrons. The minimum atomic E-state index is -1.52. The van der Waals surface area contributed by atoms with Crippen LogP contribution in [0.5, 0.6) is 11.8 Å². The maximum atomic E-state index is 15.2. The van der Waals surface area contributed by atoms with Gasteiger partial charge in [-0.3, -0.25) is 9.59 Å². The van der Waals surface area contributed by atoms with Crippen LogP contribution in [0.2, 0.25) is 0 Å². The van der Waals surface area contributed by atoms with Crippen molar-refractivity contribution in [2.75, 3.05) is 14.2 Å². The Morgan fingerprint density at radius 1 is 0.632 bits per heavy atom. The highest BCUT2D eigenvalue weighted by atomic mass is 19.1. The molecule has 2 atom stereocenters. The van der Waals surface area contributed by atoms with Crippen molar-refractivity contribution >= 4 is 11.8 Å². The van der Waals surface area contributed by atoms with Gasteiger partial charge in [-0.1, -0.05) is 23.7 Å². The first-order valence-electron chi connectivity index (χ1n) is 25.2. The molecule has 2 amide bonds. The summed E-state index contributed by atoms with van der Waals surface area (Å²) in [6.07, 6.45) is 7.08. The quantitative estimate of drug-likeness (QED) is 0.0667. The molecule has 76 heavy (non-hydrogen) atoms. The fourth-order valence-corrected chi connectivity index (χ4v) is 11.9. The lowest BCUT2D eigenvalue weighted by molar-refractivity contribution is 0.0980. The highest BCUT2D eigenvalue weighted by Crippen LogP contribution is 2.56. The van der Waals surface area contributed by atoms with Gasteiger partial charge in [-0.2, -0.15) is 0 Å². The summed E-state index contributed by atoms with van der Waals surface area (Å²) in [7, 11) is 2.68. The number of amides is 2. The Hall–Kier alpha value is -7.62. The number of rotatable bonds is 8. The smallest absolute Gasteiger partial charge is 0.269 e. The highest BCUT2D eigenvalue weighted by molar-refractivity contribution is 5.94. The number of hydrogen-bond donors (Lipinski definition) is 6. The molecule has 4 aliphatic carbocycles. The molecular formula is C56H52F4N8O8. The lowest BCUT2D eigenvalue weighted by atomic mass is 9.75. The van der Waals surface area contributed by atoms with E-state index < -0.39 is 58.5 Å². The second kappa shape index (κ2) is 19.2. The van der Waals surface area contributed by atoms with Crippen LogP contribution in [0.25, 0.3) is 22.8 Å². The third-order valence-electron chi connectivity index (χ3n) is 15.9. The van der Waals surface area contributed by atoms with Crippen LogP contribution in [0.15, 0.2) is 48.8 Å². The van der Waals surface area contributed by atoms with Crippen LogP contribution in [-0.4, -0.2) is 86.7 Å². The van der Waals surface area contributed by atoms with Crippen LogP contribution in [0.3, 0.4) is 0 Å². The molecule has 4 fully saturated rings. The Balaban J connectivity index is 0.000000162. The van der Waals surface area contributed by atoms with Gasteiger partial charge < -0.3 is 50.5 Å². The average Bonchev–Trinajstić information content (AvgIpc) is 4.15. The van der Waals surface area contributed by atoms with E-state index in [0.717, 1.165) is 61.3 Å². The second-order valence-electron chi connectivity index (χ2n) is 20.6. The van der Waals surface area contributed by atoms with Crippen molar-refractivity contribution in [3.8, 4) is 58.2 Å². The Labute approximate surface area is 433 Å². The summed E-state index contributed by atoms with van der Waals surface area (Å²) >= 11 is 0. The number of hydrogen-bond acceptors (Lipinski definition) is 12. The molecule has 4 aromatic heterocycles. The van der Waals surface area contributed by atoms with E-state index in [4.69, 9.17) is 20.9 Å². The second-order valence-corrected chi connectivity index (χ2v) is 20.6. The summed E-state index contributed by atoms with van der Waals surface area (Å²) in [5.41, 5.74) is 11.8. The van der Waals surface area contributed by atoms with E-state index in [2.05, 4.69) is 43.6 Å². The van der Waals surface area contributed by atoms with Crippen LogP contribution >= 0.6 is 0 Å². The largest absolute Gasteiger partial charge is 0.481 e. The van der Waals surface area contributed by atoms with Crippen LogP contribution in [0, 0.1) is 47.0 Å². The fraction of sp³-hybridized carbons (Fsp3) is 0.393. The first kappa shape index (κ1) is 50.5. The average molecular weight is 1040 g/mol. The summed E-state index contributed by atoms with van der Waals surface area (Å²) in [6.45, 7) is 0. The molecule has 14 rings (SSSR count). The summed E-state index contributed by atoms with van der Waals surface area (Å²) in [6, 6.07) is 7.96. The third-order valence-corrected chi connectivity index (χ3v) is 15.9. The van der Waals surface area contributed by atoms with Crippen molar-refractivity contribution in [1.29, 1.82) is 0 Å². The zero-order valence-corrected chi connectivity index (χ0v) is 41.3. The number of imidazole rings is 2. The third kappa shape index (κ3) is 8.72. The maximum absolute atomic E-state index is 15.2. The monoisotopic (exact) mass is 1040 g/mol. The Morgan fingerprint density at radius 2 is 1.00 bits per heavy atom. The molecule has 4 bridgehead atoms. The molecule has 0 saturated heterocycles. The van der Waals surface area contributed by atoms with Gasteiger partial charge in [-0.05, 0) is 136 Å². The molecule has 0 radical (unpaired) electrons. The van der Waals surface area contributed by atoms with Gasteiger partial charge >= 0.3 is 0 Å². The molecule has 2 aromatic carbocycles. The van der Waals surface area contributed by atoms with Crippen molar-refractivity contribution in [3.63, 3.8) is 0 Å². The minimum absolute atomic E-state index is 0.00476. The van der Waals surface area contributed by atoms with Gasteiger partial charge in [0, 0.05) is 23.2 Å². The van der Waals surface area contributed by atoms with Gasteiger partial charge in [0.1, 0.15) is 58.3 Å². The van der Waals surface area contributed by atoms with Crippen molar-refractivity contribution in [2.45, 2.75) is 124 Å². The van der Waals surface area contributed by atoms with E-state index in [1.807, 2.05) is 0 Å². The number of aromatic nitrogens is 6. The molecule has 16 nitrogen and oxygen atoms in total. The SMILES string of the molecule is COc1ncc(F)cc1[C@@H](O)c1c(C(N)=O)nc2n1C1CC(C1)c1cc(F)c(C#CC3(O)CCCC3)cc1-2.COc1ncc(F)cc1[C@H](O)c1c(C(N)=O)nc2n1C1CC(C1)c1cc(F)c(C#CC3(O)CCCC3)cc1-2. The number of halogens is 4. The zero-order chi connectivity index (χ0) is 53.5. The zero-order valence-electron chi connectivity index (χ0n) is 41.3. The van der Waals surface area contributed by atoms with E-state index in [0.29, 0.717) is 74.1 Å². The Kier molecular flexibility index (Phi) is 12.8. The lowest BCUT2D eigenvalue weighted by Crippen LogP contribution is -2.27. The van der Waals surface area contributed by atoms with E-state index in [-0.39, 0.29) is 80.7 Å². The summed E-state index contributed by atoms with van der Waals surface area (Å²) in [5, 5.41) is 44.2. The predicted molar refractivity (Wildman–Crippen MR) is 265 cm³/mol. The molecular weight excluding hydrogens is 989 g/mol. The molecule has 4 saturated carbocycles. The first-order valence-corrected chi connectivity index (χ1v) is 25.2. The minimum Gasteiger partial charge on any atom is -0.481 e. The molecule has 6 aromatic rings. The summed E-state index contributed by atoms with van der Waals surface area (Å²) < 4.78 is 72.5. The number of nitrogens with two attached hydrogens (primary N) is 2. The lowest BCUT2D eigenvalue weighted by Gasteiger charge is -2.36. The van der Waals surface area contributed by atoms with Crippen molar-refractivity contribution in [1.82, 2.24) is 29.1 Å². The van der Waals surface area contributed by atoms with Gasteiger partial charge in [0.25, 0.3) is 11.8 Å². The number of nitrogens with zero attached hydrogens (tertiary/aromatic N) is 6. The number of methoxy groups -OCH3 is 2. The highest BCUT2D eigenvalue weighted by Gasteiger charge is 2.45. The number of ether oxygens (including phenoxy) is 2. The van der Waals surface area contributed by atoms with Crippen LogP contribution in [0.1, 0.15) is 179 Å². The molecule has 8 heterocycles. The molecule has 0 spiro atoms. The van der Waals surface area contributed by atoms with E-state index in [1.54, 1.807) is 21.3 Å². The summed E-state index contributed by atoms with van der Waals surface area (Å²) in [5.74, 6) is 8.02. The van der Waals surface area contributed by atoms with Crippen LogP contribution < -0.4 is 20.9 Å². The van der Waals surface area contributed by atoms with Gasteiger partial charge in [0.2, 0.25) is 11.8 Å². The molecule has 0 unspecified atom stereocenters. The van der Waals surface area contributed by atoms with Crippen molar-refractivity contribution in [2.24, 2.45) is 11.5 Å². The normalized spacial score (nSPS) is 21.3. The van der Waals surface area contributed by atoms with Crippen molar-refractivity contribution in [3.05, 3.63) is 128 Å². The molecule has 8 aliphatic rings. The number of primary amides is 2. The molecule has 8 N–H and O–H groups in total. The first-order chi connectivity index (χ1) is 36.4. The van der Waals surface area contributed by atoms with Crippen LogP contribution in [0.4, 0.5) is 17.6 Å². The molecule has 20 heteroatoms. The number of pyridine rings is 2. The fourth-order valence-electron chi connectivity index (χ4n) is 11.9. The van der Waals surface area contributed by atoms with Gasteiger partial charge in [0.05, 0.1) is 60.3 Å². The number of benzene rings is 2. The van der Waals surface area contributed by atoms with Crippen LogP contribution in [-0.2, 0) is 0 Å². The van der Waals surface area contributed by atoms with Gasteiger partial charge in [0.15, 0.2) is 11.4 Å². The molecule has 4 aliphatic heterocycles. The maximum Gasteiger partial charge on any atom is 0.269 e. The standard InChI is InChI=1S/2C28H26F2N4O4/c2*1-38-27-20(11-16(29)13-32-27)24(35)23-22(25(31)36)33-26-19-10-14(4-7-28(37)5-2-3-6-28)21(30)12-18(19)15-8-17(9-15)34(23)26/h2*10-13,15,17,24,35,37H,2-3,5-6,8-9H2,1H3,(H2,31,36)/t2*15?,17?,24-/m10/s1. The number of carbonyl (C=O) groups is 2. The topological polar surface area (TPSA) is 247 Å². The van der Waals surface area contributed by atoms with Crippen molar-refractivity contribution < 1.29 is 57.1 Å². The van der Waals surface area contributed by atoms with Gasteiger partial charge in [-0.15, -0.1) is 0 Å². The van der Waals surface area contributed by atoms with E-state index in [1.165, 1.54) is 26.4 Å². The van der Waals surface area contributed by atoms with Gasteiger partial charge in [-0.25, -0.2) is 37.5 Å². The Bertz CT molecular complexity index is 3280. The number of carbonyl (C=O) groups excluding carboxylic acids is 2. The predicted octanol–water partition coefficient (Wildman–Crippen LogP) is 7.00. The number of aliphatic hydroxyl groups excluding tert-OH is 2. The Morgan fingerprint density at radius 3 is 1.34 bits per heavy atom.